The first-order valence-corrected chi connectivity index (χ1v) is 5.97. The van der Waals surface area contributed by atoms with Crippen LogP contribution in [-0.4, -0.2) is 63.3 Å². The van der Waals surface area contributed by atoms with Crippen molar-refractivity contribution in [2.45, 2.75) is 19.4 Å². The summed E-state index contributed by atoms with van der Waals surface area (Å²) in [6, 6.07) is 0. The van der Waals surface area contributed by atoms with Crippen LogP contribution in [0.25, 0.3) is 0 Å². The molecular weight excluding hydrogens is 242 g/mol. The first-order valence-electron chi connectivity index (χ1n) is 5.97. The van der Waals surface area contributed by atoms with Gasteiger partial charge in [0.1, 0.15) is 6.10 Å². The summed E-state index contributed by atoms with van der Waals surface area (Å²) in [4.78, 5) is 13.8. The second kappa shape index (κ2) is 9.65. The average molecular weight is 266 g/mol. The summed E-state index contributed by atoms with van der Waals surface area (Å²) < 4.78 is 4.93. The molecule has 1 rings (SSSR count). The molecule has 0 spiro atoms. The zero-order valence-corrected chi connectivity index (χ0v) is 11.5. The predicted octanol–water partition coefficient (Wildman–Crippen LogP) is -0.145. The maximum atomic E-state index is 11.4. The number of piperazine rings is 1. The standard InChI is InChI=1S/C11H23N3O2.ClH/c1-10(16-2)11(15)13-4-3-7-14-8-5-12-6-9-14;/h10,12H,3-9H2,1-2H3,(H,13,15);1H. The molecule has 0 aromatic carbocycles. The molecule has 102 valence electrons. The van der Waals surface area contributed by atoms with E-state index in [1.165, 1.54) is 0 Å². The first kappa shape index (κ1) is 16.6. The molecule has 0 aromatic rings. The molecule has 5 nitrogen and oxygen atoms in total. The number of nitrogens with zero attached hydrogens (tertiary/aromatic N) is 1. The summed E-state index contributed by atoms with van der Waals surface area (Å²) in [7, 11) is 1.55. The number of carbonyl (C=O) groups excluding carboxylic acids is 1. The fourth-order valence-corrected chi connectivity index (χ4v) is 1.70. The van der Waals surface area contributed by atoms with Gasteiger partial charge in [0, 0.05) is 39.8 Å². The summed E-state index contributed by atoms with van der Waals surface area (Å²) in [6.45, 7) is 7.93. The van der Waals surface area contributed by atoms with E-state index in [4.69, 9.17) is 4.74 Å². The number of halogens is 1. The number of amides is 1. The number of methoxy groups -OCH3 is 1. The molecular formula is C11H24ClN3O2. The zero-order chi connectivity index (χ0) is 11.8. The van der Waals surface area contributed by atoms with Crippen LogP contribution in [0.2, 0.25) is 0 Å². The SMILES string of the molecule is COC(C)C(=O)NCCCN1CCNCC1.Cl. The van der Waals surface area contributed by atoms with Crippen LogP contribution in [0.15, 0.2) is 0 Å². The van der Waals surface area contributed by atoms with E-state index < -0.39 is 0 Å². The van der Waals surface area contributed by atoms with Crippen LogP contribution >= 0.6 is 12.4 Å². The number of ether oxygens (including phenoxy) is 1. The average Bonchev–Trinajstić information content (AvgIpc) is 2.34. The zero-order valence-electron chi connectivity index (χ0n) is 10.7. The Morgan fingerprint density at radius 1 is 1.47 bits per heavy atom. The Bertz CT molecular complexity index is 211. The van der Waals surface area contributed by atoms with Crippen LogP contribution in [0.4, 0.5) is 0 Å². The highest BCUT2D eigenvalue weighted by Gasteiger charge is 2.11. The Morgan fingerprint density at radius 3 is 2.71 bits per heavy atom. The Hall–Kier alpha value is -0.360. The second-order valence-corrected chi connectivity index (χ2v) is 4.11. The molecule has 0 bridgehead atoms. The third-order valence-corrected chi connectivity index (χ3v) is 2.88. The van der Waals surface area contributed by atoms with Crippen molar-refractivity contribution in [3.05, 3.63) is 0 Å². The number of rotatable bonds is 6. The molecule has 0 radical (unpaired) electrons. The van der Waals surface area contributed by atoms with Crippen LogP contribution in [-0.2, 0) is 9.53 Å². The molecule has 1 fully saturated rings. The molecule has 0 aromatic heterocycles. The Morgan fingerprint density at radius 2 is 2.12 bits per heavy atom. The van der Waals surface area contributed by atoms with Gasteiger partial charge >= 0.3 is 0 Å². The van der Waals surface area contributed by atoms with E-state index in [9.17, 15) is 4.79 Å². The normalized spacial score (nSPS) is 18.2. The molecule has 0 aliphatic carbocycles. The quantitative estimate of drug-likeness (QED) is 0.656. The van der Waals surface area contributed by atoms with Crippen molar-refractivity contribution in [3.63, 3.8) is 0 Å². The van der Waals surface area contributed by atoms with Crippen molar-refractivity contribution in [1.29, 1.82) is 0 Å². The maximum Gasteiger partial charge on any atom is 0.248 e. The molecule has 1 amide bonds. The molecule has 1 aliphatic heterocycles. The van der Waals surface area contributed by atoms with Gasteiger partial charge in [-0.1, -0.05) is 0 Å². The largest absolute Gasteiger partial charge is 0.372 e. The molecule has 0 saturated carbocycles. The minimum absolute atomic E-state index is 0. The summed E-state index contributed by atoms with van der Waals surface area (Å²) in [6.07, 6.45) is 0.654. The molecule has 6 heteroatoms. The molecule has 17 heavy (non-hydrogen) atoms. The van der Waals surface area contributed by atoms with Crippen molar-refractivity contribution >= 4 is 18.3 Å². The van der Waals surface area contributed by atoms with Crippen LogP contribution in [0.3, 0.4) is 0 Å². The third kappa shape index (κ3) is 6.83. The van der Waals surface area contributed by atoms with Crippen molar-refractivity contribution in [1.82, 2.24) is 15.5 Å². The number of hydrogen-bond donors (Lipinski definition) is 2. The van der Waals surface area contributed by atoms with Crippen LogP contribution in [0, 0.1) is 0 Å². The molecule has 1 atom stereocenters. The van der Waals surface area contributed by atoms with E-state index in [1.54, 1.807) is 14.0 Å². The van der Waals surface area contributed by atoms with Crippen molar-refractivity contribution < 1.29 is 9.53 Å². The fraction of sp³-hybridized carbons (Fsp3) is 0.909. The van der Waals surface area contributed by atoms with E-state index in [0.29, 0.717) is 0 Å². The molecule has 1 aliphatic rings. The fourth-order valence-electron chi connectivity index (χ4n) is 1.70. The lowest BCUT2D eigenvalue weighted by atomic mass is 10.3. The highest BCUT2D eigenvalue weighted by molar-refractivity contribution is 5.85. The molecule has 1 unspecified atom stereocenters. The number of carbonyl (C=O) groups is 1. The Labute approximate surface area is 110 Å². The van der Waals surface area contributed by atoms with Crippen molar-refractivity contribution in [2.24, 2.45) is 0 Å². The van der Waals surface area contributed by atoms with Gasteiger partial charge in [0.05, 0.1) is 0 Å². The van der Waals surface area contributed by atoms with Gasteiger partial charge in [-0.25, -0.2) is 0 Å². The predicted molar refractivity (Wildman–Crippen MR) is 70.7 cm³/mol. The summed E-state index contributed by atoms with van der Waals surface area (Å²) in [5.74, 6) is -0.0252. The lowest BCUT2D eigenvalue weighted by Gasteiger charge is -2.27. The maximum absolute atomic E-state index is 11.4. The Kier molecular flexibility index (Phi) is 9.44. The second-order valence-electron chi connectivity index (χ2n) is 4.11. The van der Waals surface area contributed by atoms with Gasteiger partial charge < -0.3 is 20.3 Å². The van der Waals surface area contributed by atoms with Gasteiger partial charge in [-0.05, 0) is 19.9 Å². The van der Waals surface area contributed by atoms with Crippen LogP contribution in [0.1, 0.15) is 13.3 Å². The highest BCUT2D eigenvalue weighted by atomic mass is 35.5. The van der Waals surface area contributed by atoms with E-state index >= 15 is 0 Å². The summed E-state index contributed by atoms with van der Waals surface area (Å²) in [5, 5.41) is 6.18. The summed E-state index contributed by atoms with van der Waals surface area (Å²) >= 11 is 0. The van der Waals surface area contributed by atoms with Gasteiger partial charge in [-0.2, -0.15) is 0 Å². The molecule has 2 N–H and O–H groups in total. The van der Waals surface area contributed by atoms with Crippen molar-refractivity contribution in [2.75, 3.05) is 46.4 Å². The highest BCUT2D eigenvalue weighted by Crippen LogP contribution is 1.94. The van der Waals surface area contributed by atoms with E-state index in [0.717, 1.165) is 45.7 Å². The lowest BCUT2D eigenvalue weighted by molar-refractivity contribution is -0.130. The minimum atomic E-state index is -0.348. The van der Waals surface area contributed by atoms with E-state index in [1.807, 2.05) is 0 Å². The van der Waals surface area contributed by atoms with Gasteiger partial charge in [0.25, 0.3) is 0 Å². The smallest absolute Gasteiger partial charge is 0.248 e. The van der Waals surface area contributed by atoms with Crippen molar-refractivity contribution in [3.8, 4) is 0 Å². The van der Waals surface area contributed by atoms with E-state index in [2.05, 4.69) is 15.5 Å². The molecule has 1 saturated heterocycles. The number of nitrogens with one attached hydrogen (secondary N) is 2. The third-order valence-electron chi connectivity index (χ3n) is 2.88. The molecule has 1 heterocycles. The topological polar surface area (TPSA) is 53.6 Å². The van der Waals surface area contributed by atoms with Crippen LogP contribution in [0.5, 0.6) is 0 Å². The monoisotopic (exact) mass is 265 g/mol. The van der Waals surface area contributed by atoms with Gasteiger partial charge in [-0.3, -0.25) is 4.79 Å². The van der Waals surface area contributed by atoms with Gasteiger partial charge in [0.15, 0.2) is 0 Å². The number of hydrogen-bond acceptors (Lipinski definition) is 4. The van der Waals surface area contributed by atoms with Gasteiger partial charge in [-0.15, -0.1) is 12.4 Å². The lowest BCUT2D eigenvalue weighted by Crippen LogP contribution is -2.44. The summed E-state index contributed by atoms with van der Waals surface area (Å²) in [5.41, 5.74) is 0. The first-order chi connectivity index (χ1) is 7.74. The minimum Gasteiger partial charge on any atom is -0.372 e. The van der Waals surface area contributed by atoms with Gasteiger partial charge in [0.2, 0.25) is 5.91 Å². The van der Waals surface area contributed by atoms with E-state index in [-0.39, 0.29) is 24.4 Å². The Balaban J connectivity index is 0.00000256. The van der Waals surface area contributed by atoms with Crippen LogP contribution < -0.4 is 10.6 Å².